The van der Waals surface area contributed by atoms with E-state index in [0.717, 1.165) is 12.1 Å². The van der Waals surface area contributed by atoms with Gasteiger partial charge in [-0.25, -0.2) is 8.78 Å². The number of amides is 1. The van der Waals surface area contributed by atoms with Gasteiger partial charge >= 0.3 is 0 Å². The van der Waals surface area contributed by atoms with E-state index in [1.807, 2.05) is 0 Å². The Morgan fingerprint density at radius 3 is 3.05 bits per heavy atom. The predicted octanol–water partition coefficient (Wildman–Crippen LogP) is 0.837. The Kier molecular flexibility index (Phi) is 5.46. The van der Waals surface area contributed by atoms with Crippen molar-refractivity contribution >= 4 is 5.91 Å². The molecule has 1 fully saturated rings. The number of carbonyl (C=O) groups excluding carboxylic acids is 1. The fourth-order valence-electron chi connectivity index (χ4n) is 1.93. The van der Waals surface area contributed by atoms with E-state index in [9.17, 15) is 13.6 Å². The maximum atomic E-state index is 13.4. The van der Waals surface area contributed by atoms with Gasteiger partial charge in [0.1, 0.15) is 18.5 Å². The second-order valence-corrected chi connectivity index (χ2v) is 4.88. The van der Waals surface area contributed by atoms with Gasteiger partial charge < -0.3 is 20.1 Å². The summed E-state index contributed by atoms with van der Waals surface area (Å²) in [6.07, 6.45) is 0. The molecule has 2 unspecified atom stereocenters. The summed E-state index contributed by atoms with van der Waals surface area (Å²) in [4.78, 5) is 11.9. The molecule has 2 rings (SSSR count). The molecule has 0 aromatic heterocycles. The van der Waals surface area contributed by atoms with Crippen molar-refractivity contribution in [3.8, 4) is 5.75 Å². The number of ether oxygens (including phenoxy) is 2. The monoisotopic (exact) mass is 300 g/mol. The van der Waals surface area contributed by atoms with Gasteiger partial charge in [0, 0.05) is 12.6 Å². The highest BCUT2D eigenvalue weighted by Crippen LogP contribution is 2.17. The van der Waals surface area contributed by atoms with Crippen LogP contribution in [0.4, 0.5) is 8.78 Å². The molecule has 0 spiro atoms. The van der Waals surface area contributed by atoms with Crippen LogP contribution < -0.4 is 15.4 Å². The molecule has 2 N–H and O–H groups in total. The SMILES string of the molecule is CC(COc1ccc(F)cc1F)NC(=O)C1COCCN1. The minimum Gasteiger partial charge on any atom is -0.488 e. The second kappa shape index (κ2) is 7.33. The maximum absolute atomic E-state index is 13.4. The van der Waals surface area contributed by atoms with Crippen molar-refractivity contribution in [1.29, 1.82) is 0 Å². The van der Waals surface area contributed by atoms with Crippen molar-refractivity contribution in [2.75, 3.05) is 26.4 Å². The van der Waals surface area contributed by atoms with Crippen LogP contribution in [0.15, 0.2) is 18.2 Å². The van der Waals surface area contributed by atoms with Gasteiger partial charge in [-0.3, -0.25) is 4.79 Å². The first-order valence-electron chi connectivity index (χ1n) is 6.75. The van der Waals surface area contributed by atoms with E-state index in [4.69, 9.17) is 9.47 Å². The smallest absolute Gasteiger partial charge is 0.239 e. The summed E-state index contributed by atoms with van der Waals surface area (Å²) < 4.78 is 36.6. The molecular formula is C14H18F2N2O3. The minimum absolute atomic E-state index is 0.0448. The first-order valence-corrected chi connectivity index (χ1v) is 6.75. The summed E-state index contributed by atoms with van der Waals surface area (Å²) >= 11 is 0. The van der Waals surface area contributed by atoms with E-state index in [1.54, 1.807) is 6.92 Å². The van der Waals surface area contributed by atoms with Gasteiger partial charge in [0.15, 0.2) is 11.6 Å². The molecule has 5 nitrogen and oxygen atoms in total. The van der Waals surface area contributed by atoms with Crippen molar-refractivity contribution in [2.24, 2.45) is 0 Å². The lowest BCUT2D eigenvalue weighted by Gasteiger charge is -2.24. The third-order valence-electron chi connectivity index (χ3n) is 3.01. The lowest BCUT2D eigenvalue weighted by atomic mass is 10.2. The molecule has 1 aliphatic heterocycles. The van der Waals surface area contributed by atoms with Gasteiger partial charge in [-0.1, -0.05) is 0 Å². The van der Waals surface area contributed by atoms with Crippen LogP contribution in [-0.2, 0) is 9.53 Å². The molecule has 1 saturated heterocycles. The van der Waals surface area contributed by atoms with Crippen molar-refractivity contribution in [3.05, 3.63) is 29.8 Å². The summed E-state index contributed by atoms with van der Waals surface area (Å²) in [6.45, 7) is 3.37. The van der Waals surface area contributed by atoms with Crippen LogP contribution in [0.1, 0.15) is 6.92 Å². The number of nitrogens with one attached hydrogen (secondary N) is 2. The molecule has 1 aromatic carbocycles. The zero-order valence-electron chi connectivity index (χ0n) is 11.7. The molecular weight excluding hydrogens is 282 g/mol. The zero-order chi connectivity index (χ0) is 15.2. The number of morpholine rings is 1. The summed E-state index contributed by atoms with van der Waals surface area (Å²) in [5.41, 5.74) is 0. The van der Waals surface area contributed by atoms with E-state index in [2.05, 4.69) is 10.6 Å². The van der Waals surface area contributed by atoms with E-state index < -0.39 is 11.6 Å². The standard InChI is InChI=1S/C14H18F2N2O3/c1-9(18-14(19)12-8-20-5-4-17-12)7-21-13-3-2-10(15)6-11(13)16/h2-3,6,9,12,17H,4-5,7-8H2,1H3,(H,18,19). The Morgan fingerprint density at radius 1 is 1.57 bits per heavy atom. The van der Waals surface area contributed by atoms with E-state index >= 15 is 0 Å². The Morgan fingerprint density at radius 2 is 2.38 bits per heavy atom. The van der Waals surface area contributed by atoms with Crippen molar-refractivity contribution in [1.82, 2.24) is 10.6 Å². The summed E-state index contributed by atoms with van der Waals surface area (Å²) in [6, 6.07) is 2.39. The summed E-state index contributed by atoms with van der Waals surface area (Å²) in [7, 11) is 0. The summed E-state index contributed by atoms with van der Waals surface area (Å²) in [5.74, 6) is -1.66. The van der Waals surface area contributed by atoms with Crippen molar-refractivity contribution in [2.45, 2.75) is 19.0 Å². The molecule has 0 bridgehead atoms. The third kappa shape index (κ3) is 4.64. The Hall–Kier alpha value is -1.73. The first-order chi connectivity index (χ1) is 10.1. The van der Waals surface area contributed by atoms with Gasteiger partial charge in [-0.05, 0) is 19.1 Å². The van der Waals surface area contributed by atoms with Crippen molar-refractivity contribution < 1.29 is 23.0 Å². The average molecular weight is 300 g/mol. The maximum Gasteiger partial charge on any atom is 0.239 e. The molecule has 0 saturated carbocycles. The molecule has 21 heavy (non-hydrogen) atoms. The van der Waals surface area contributed by atoms with E-state index in [1.165, 1.54) is 6.07 Å². The van der Waals surface area contributed by atoms with Gasteiger partial charge in [0.2, 0.25) is 5.91 Å². The Bertz CT molecular complexity index is 493. The third-order valence-corrected chi connectivity index (χ3v) is 3.01. The van der Waals surface area contributed by atoms with Gasteiger partial charge in [-0.15, -0.1) is 0 Å². The molecule has 1 aromatic rings. The van der Waals surface area contributed by atoms with Gasteiger partial charge in [-0.2, -0.15) is 0 Å². The molecule has 0 aliphatic carbocycles. The van der Waals surface area contributed by atoms with Crippen molar-refractivity contribution in [3.63, 3.8) is 0 Å². The topological polar surface area (TPSA) is 59.6 Å². The normalized spacial score (nSPS) is 19.9. The van der Waals surface area contributed by atoms with Gasteiger partial charge in [0.05, 0.1) is 19.3 Å². The fourth-order valence-corrected chi connectivity index (χ4v) is 1.93. The zero-order valence-corrected chi connectivity index (χ0v) is 11.7. The highest BCUT2D eigenvalue weighted by Gasteiger charge is 2.22. The number of hydrogen-bond donors (Lipinski definition) is 2. The first kappa shape index (κ1) is 15.7. The Labute approximate surface area is 121 Å². The number of benzene rings is 1. The van der Waals surface area contributed by atoms with Crippen LogP contribution in [0.25, 0.3) is 0 Å². The van der Waals surface area contributed by atoms with Crippen LogP contribution in [0.2, 0.25) is 0 Å². The van der Waals surface area contributed by atoms with E-state index in [0.29, 0.717) is 19.8 Å². The highest BCUT2D eigenvalue weighted by atomic mass is 19.1. The highest BCUT2D eigenvalue weighted by molar-refractivity contribution is 5.82. The lowest BCUT2D eigenvalue weighted by molar-refractivity contribution is -0.126. The number of carbonyl (C=O) groups is 1. The average Bonchev–Trinajstić information content (AvgIpc) is 2.47. The van der Waals surface area contributed by atoms with Gasteiger partial charge in [0.25, 0.3) is 0 Å². The molecule has 1 amide bonds. The van der Waals surface area contributed by atoms with Crippen LogP contribution in [0, 0.1) is 11.6 Å². The molecule has 7 heteroatoms. The van der Waals surface area contributed by atoms with Crippen LogP contribution >= 0.6 is 0 Å². The van der Waals surface area contributed by atoms with Crippen LogP contribution in [0.3, 0.4) is 0 Å². The largest absolute Gasteiger partial charge is 0.488 e. The second-order valence-electron chi connectivity index (χ2n) is 4.88. The number of hydrogen-bond acceptors (Lipinski definition) is 4. The molecule has 1 heterocycles. The van der Waals surface area contributed by atoms with Crippen LogP contribution in [-0.4, -0.2) is 44.4 Å². The molecule has 116 valence electrons. The fraction of sp³-hybridized carbons (Fsp3) is 0.500. The lowest BCUT2D eigenvalue weighted by Crippen LogP contribution is -2.53. The quantitative estimate of drug-likeness (QED) is 0.846. The molecule has 2 atom stereocenters. The van der Waals surface area contributed by atoms with E-state index in [-0.39, 0.29) is 30.3 Å². The summed E-state index contributed by atoms with van der Waals surface area (Å²) in [5, 5.41) is 5.78. The van der Waals surface area contributed by atoms with Crippen LogP contribution in [0.5, 0.6) is 5.75 Å². The Balaban J connectivity index is 1.78. The minimum atomic E-state index is -0.768. The number of rotatable bonds is 5. The molecule has 1 aliphatic rings. The molecule has 0 radical (unpaired) electrons. The number of halogens is 2. The predicted molar refractivity (Wildman–Crippen MR) is 72.1 cm³/mol.